The third-order valence-corrected chi connectivity index (χ3v) is 5.12. The van der Waals surface area contributed by atoms with Crippen LogP contribution in [-0.4, -0.2) is 20.0 Å². The number of aryl methyl sites for hydroxylation is 2. The summed E-state index contributed by atoms with van der Waals surface area (Å²) in [5.74, 6) is -0.252. The van der Waals surface area contributed by atoms with Gasteiger partial charge in [-0.1, -0.05) is 6.07 Å². The maximum Gasteiger partial charge on any atom is 0.328 e. The van der Waals surface area contributed by atoms with Gasteiger partial charge in [0.05, 0.1) is 22.1 Å². The van der Waals surface area contributed by atoms with Gasteiger partial charge in [-0.25, -0.2) is 4.79 Å². The number of halogens is 1. The molecule has 2 aromatic heterocycles. The van der Waals surface area contributed by atoms with Crippen molar-refractivity contribution in [2.45, 2.75) is 0 Å². The minimum absolute atomic E-state index is 0.133. The summed E-state index contributed by atoms with van der Waals surface area (Å²) in [5.41, 5.74) is 3.35. The fraction of sp³-hybridized carbons (Fsp3) is 0.105. The lowest BCUT2D eigenvalue weighted by molar-refractivity contribution is 0.102. The second-order valence-corrected chi connectivity index (χ2v) is 6.94. The predicted molar refractivity (Wildman–Crippen MR) is 106 cm³/mol. The minimum Gasteiger partial charge on any atom is -0.322 e. The van der Waals surface area contributed by atoms with Crippen LogP contribution in [0.2, 0.25) is 0 Å². The number of hydrogen-bond acceptors (Lipinski definition) is 3. The van der Waals surface area contributed by atoms with Crippen molar-refractivity contribution in [3.63, 3.8) is 0 Å². The van der Waals surface area contributed by atoms with Crippen molar-refractivity contribution < 1.29 is 4.79 Å². The average Bonchev–Trinajstić information content (AvgIpc) is 2.85. The van der Waals surface area contributed by atoms with Gasteiger partial charge in [0.2, 0.25) is 0 Å². The summed E-state index contributed by atoms with van der Waals surface area (Å²) in [6, 6.07) is 12.9. The molecule has 0 spiro atoms. The molecule has 2 aromatic carbocycles. The number of carbonyl (C=O) groups excluding carboxylic acids is 1. The van der Waals surface area contributed by atoms with Crippen LogP contribution in [0.5, 0.6) is 0 Å². The number of hydrogen-bond donors (Lipinski definition) is 1. The van der Waals surface area contributed by atoms with Gasteiger partial charge in [0.15, 0.2) is 0 Å². The zero-order valence-corrected chi connectivity index (χ0v) is 15.7. The predicted octanol–water partition coefficient (Wildman–Crippen LogP) is 3.44. The van der Waals surface area contributed by atoms with Crippen molar-refractivity contribution in [2.24, 2.45) is 14.1 Å². The van der Waals surface area contributed by atoms with E-state index >= 15 is 0 Å². The maximum absolute atomic E-state index is 12.8. The molecule has 0 radical (unpaired) electrons. The van der Waals surface area contributed by atoms with Crippen LogP contribution in [0.1, 0.15) is 10.4 Å². The number of rotatable bonds is 2. The Labute approximate surface area is 157 Å². The van der Waals surface area contributed by atoms with Crippen LogP contribution < -0.4 is 11.0 Å². The van der Waals surface area contributed by atoms with Crippen molar-refractivity contribution in [1.29, 1.82) is 0 Å². The van der Waals surface area contributed by atoms with Gasteiger partial charge in [0.25, 0.3) is 5.91 Å². The van der Waals surface area contributed by atoms with E-state index in [1.165, 1.54) is 4.57 Å². The molecule has 0 aliphatic carbocycles. The van der Waals surface area contributed by atoms with E-state index in [2.05, 4.69) is 26.2 Å². The van der Waals surface area contributed by atoms with Gasteiger partial charge in [-0.2, -0.15) is 0 Å². The van der Waals surface area contributed by atoms with Gasteiger partial charge in [0.1, 0.15) is 0 Å². The highest BCUT2D eigenvalue weighted by atomic mass is 79.9. The number of nitrogens with zero attached hydrogens (tertiary/aromatic N) is 3. The Hall–Kier alpha value is -2.93. The Bertz CT molecular complexity index is 1240. The van der Waals surface area contributed by atoms with E-state index < -0.39 is 0 Å². The topological polar surface area (TPSA) is 68.9 Å². The second-order valence-electron chi connectivity index (χ2n) is 6.09. The standard InChI is InChI=1S/C19H15BrN4O2/c1-23-16-9-13(14(20)10-17(16)24(2)19(23)26)18(25)22-12-5-6-15-11(8-12)4-3-7-21-15/h3-10H,1-2H3,(H,22,25). The smallest absolute Gasteiger partial charge is 0.322 e. The van der Waals surface area contributed by atoms with E-state index in [1.807, 2.05) is 30.3 Å². The largest absolute Gasteiger partial charge is 0.328 e. The zero-order valence-electron chi connectivity index (χ0n) is 14.2. The molecule has 26 heavy (non-hydrogen) atoms. The van der Waals surface area contributed by atoms with E-state index in [1.54, 1.807) is 37.0 Å². The SMILES string of the molecule is Cn1c(=O)n(C)c2cc(C(=O)Nc3ccc4ncccc4c3)c(Br)cc21. The number of fused-ring (bicyclic) bond motifs is 2. The Morgan fingerprint density at radius 3 is 2.58 bits per heavy atom. The molecule has 7 heteroatoms. The average molecular weight is 411 g/mol. The molecular formula is C19H15BrN4O2. The Balaban J connectivity index is 1.74. The number of carbonyl (C=O) groups is 1. The normalized spacial score (nSPS) is 11.2. The van der Waals surface area contributed by atoms with Gasteiger partial charge in [0, 0.05) is 35.8 Å². The number of anilines is 1. The molecule has 0 bridgehead atoms. The van der Waals surface area contributed by atoms with Crippen LogP contribution in [0, 0.1) is 0 Å². The van der Waals surface area contributed by atoms with Crippen LogP contribution in [-0.2, 0) is 14.1 Å². The molecule has 0 fully saturated rings. The first kappa shape index (κ1) is 16.5. The van der Waals surface area contributed by atoms with Gasteiger partial charge in [-0.15, -0.1) is 0 Å². The first-order valence-electron chi connectivity index (χ1n) is 7.97. The van der Waals surface area contributed by atoms with Gasteiger partial charge in [-0.05, 0) is 52.3 Å². The molecular weight excluding hydrogens is 396 g/mol. The Morgan fingerprint density at radius 1 is 1.08 bits per heavy atom. The van der Waals surface area contributed by atoms with Gasteiger partial charge >= 0.3 is 5.69 Å². The minimum atomic E-state index is -0.252. The van der Waals surface area contributed by atoms with E-state index in [0.29, 0.717) is 21.2 Å². The van der Waals surface area contributed by atoms with Gasteiger partial charge < -0.3 is 5.32 Å². The second kappa shape index (κ2) is 6.10. The van der Waals surface area contributed by atoms with Crippen molar-refractivity contribution in [2.75, 3.05) is 5.32 Å². The van der Waals surface area contributed by atoms with E-state index in [4.69, 9.17) is 0 Å². The van der Waals surface area contributed by atoms with Crippen molar-refractivity contribution in [1.82, 2.24) is 14.1 Å². The number of amides is 1. The molecule has 0 atom stereocenters. The van der Waals surface area contributed by atoms with Crippen molar-refractivity contribution in [3.05, 3.63) is 69.2 Å². The monoisotopic (exact) mass is 410 g/mol. The summed E-state index contributed by atoms with van der Waals surface area (Å²) >= 11 is 3.44. The van der Waals surface area contributed by atoms with E-state index in [9.17, 15) is 9.59 Å². The highest BCUT2D eigenvalue weighted by Gasteiger charge is 2.16. The summed E-state index contributed by atoms with van der Waals surface area (Å²) < 4.78 is 3.71. The summed E-state index contributed by atoms with van der Waals surface area (Å²) in [4.78, 5) is 29.1. The van der Waals surface area contributed by atoms with E-state index in [-0.39, 0.29) is 11.6 Å². The summed E-state index contributed by atoms with van der Waals surface area (Å²) in [6.07, 6.45) is 1.73. The molecule has 0 aliphatic heterocycles. The number of imidazole rings is 1. The molecule has 4 rings (SSSR count). The molecule has 6 nitrogen and oxygen atoms in total. The molecule has 4 aromatic rings. The summed E-state index contributed by atoms with van der Waals surface area (Å²) in [5, 5.41) is 3.86. The highest BCUT2D eigenvalue weighted by molar-refractivity contribution is 9.10. The van der Waals surface area contributed by atoms with Crippen molar-refractivity contribution in [3.8, 4) is 0 Å². The van der Waals surface area contributed by atoms with Gasteiger partial charge in [-0.3, -0.25) is 18.9 Å². The number of nitrogens with one attached hydrogen (secondary N) is 1. The molecule has 1 amide bonds. The first-order chi connectivity index (χ1) is 12.5. The maximum atomic E-state index is 12.8. The first-order valence-corrected chi connectivity index (χ1v) is 8.76. The number of pyridine rings is 1. The molecule has 0 saturated carbocycles. The van der Waals surface area contributed by atoms with Crippen molar-refractivity contribution >= 4 is 49.5 Å². The fourth-order valence-electron chi connectivity index (χ4n) is 3.05. The third kappa shape index (κ3) is 2.61. The molecule has 0 saturated heterocycles. The molecule has 2 heterocycles. The fourth-order valence-corrected chi connectivity index (χ4v) is 3.56. The van der Waals surface area contributed by atoms with Crippen LogP contribution in [0.25, 0.3) is 21.9 Å². The van der Waals surface area contributed by atoms with Crippen LogP contribution >= 0.6 is 15.9 Å². The summed E-state index contributed by atoms with van der Waals surface area (Å²) in [6.45, 7) is 0. The molecule has 0 aliphatic rings. The number of aromatic nitrogens is 3. The third-order valence-electron chi connectivity index (χ3n) is 4.47. The lowest BCUT2D eigenvalue weighted by Gasteiger charge is -2.09. The lowest BCUT2D eigenvalue weighted by atomic mass is 10.1. The molecule has 1 N–H and O–H groups in total. The van der Waals surface area contributed by atoms with E-state index in [0.717, 1.165) is 16.4 Å². The molecule has 0 unspecified atom stereocenters. The van der Waals surface area contributed by atoms with Crippen LogP contribution in [0.3, 0.4) is 0 Å². The number of benzene rings is 2. The quantitative estimate of drug-likeness (QED) is 0.550. The molecule has 130 valence electrons. The Kier molecular flexibility index (Phi) is 3.88. The Morgan fingerprint density at radius 2 is 1.81 bits per heavy atom. The van der Waals surface area contributed by atoms with Crippen LogP contribution in [0.4, 0.5) is 5.69 Å². The summed E-state index contributed by atoms with van der Waals surface area (Å²) in [7, 11) is 3.40. The highest BCUT2D eigenvalue weighted by Crippen LogP contribution is 2.25. The zero-order chi connectivity index (χ0) is 18.4. The lowest BCUT2D eigenvalue weighted by Crippen LogP contribution is -2.19. The van der Waals surface area contributed by atoms with Crippen LogP contribution in [0.15, 0.2) is 57.9 Å².